The van der Waals surface area contributed by atoms with Gasteiger partial charge in [0.05, 0.1) is 28.3 Å². The van der Waals surface area contributed by atoms with Crippen LogP contribution in [-0.4, -0.2) is 14.1 Å². The van der Waals surface area contributed by atoms with Crippen LogP contribution in [0.15, 0.2) is 213 Å². The first-order valence-electron chi connectivity index (χ1n) is 19.1. The van der Waals surface area contributed by atoms with E-state index in [4.69, 9.17) is 0 Å². The zero-order valence-corrected chi connectivity index (χ0v) is 30.5. The van der Waals surface area contributed by atoms with Crippen LogP contribution in [-0.2, 0) is 0 Å². The SMILES string of the molecule is c1ccc(-c2cccc(-n3c4ccccc4c4cc(-c5ccc(-c6ccc7c(c6)c6ccncc6n7-c6cccc(-c7ccccc7)c6)cc5)ccc43)c2)cc1. The van der Waals surface area contributed by atoms with E-state index >= 15 is 0 Å². The Morgan fingerprint density at radius 1 is 0.268 bits per heavy atom. The number of aromatic nitrogens is 3. The van der Waals surface area contributed by atoms with Crippen LogP contribution in [0, 0.1) is 0 Å². The van der Waals surface area contributed by atoms with Crippen LogP contribution in [0.2, 0.25) is 0 Å². The summed E-state index contributed by atoms with van der Waals surface area (Å²) in [7, 11) is 0. The van der Waals surface area contributed by atoms with Crippen molar-refractivity contribution in [1.29, 1.82) is 0 Å². The monoisotopic (exact) mass is 713 g/mol. The van der Waals surface area contributed by atoms with E-state index in [9.17, 15) is 0 Å². The number of pyridine rings is 1. The first-order chi connectivity index (χ1) is 27.8. The smallest absolute Gasteiger partial charge is 0.0724 e. The van der Waals surface area contributed by atoms with E-state index in [1.54, 1.807) is 0 Å². The summed E-state index contributed by atoms with van der Waals surface area (Å²) < 4.78 is 4.73. The molecule has 0 amide bonds. The molecule has 0 saturated carbocycles. The first kappa shape index (κ1) is 32.0. The quantitative estimate of drug-likeness (QED) is 0.168. The molecule has 0 N–H and O–H groups in total. The molecule has 0 aliphatic rings. The maximum Gasteiger partial charge on any atom is 0.0724 e. The van der Waals surface area contributed by atoms with Crippen molar-refractivity contribution in [3.8, 4) is 55.9 Å². The standard InChI is InChI=1S/C53H35N3/c1-3-11-36(12-4-1)40-15-9-17-44(31-40)55-50-20-8-7-19-46(50)48-33-42(25-27-51(48)55)38-21-23-39(24-22-38)43-26-28-52-49(34-43)47-29-30-54-35-53(47)56(52)45-18-10-16-41(32-45)37-13-5-2-6-14-37/h1-35H. The highest BCUT2D eigenvalue weighted by Gasteiger charge is 2.16. The van der Waals surface area contributed by atoms with Crippen LogP contribution in [0.5, 0.6) is 0 Å². The minimum Gasteiger partial charge on any atom is -0.309 e. The Labute approximate surface area is 325 Å². The highest BCUT2D eigenvalue weighted by Crippen LogP contribution is 2.38. The summed E-state index contributed by atoms with van der Waals surface area (Å²) in [6.07, 6.45) is 3.87. The maximum absolute atomic E-state index is 4.54. The lowest BCUT2D eigenvalue weighted by atomic mass is 9.98. The van der Waals surface area contributed by atoms with E-state index in [2.05, 4.69) is 214 Å². The van der Waals surface area contributed by atoms with Gasteiger partial charge in [-0.3, -0.25) is 4.98 Å². The minimum atomic E-state index is 1.10. The topological polar surface area (TPSA) is 22.8 Å². The van der Waals surface area contributed by atoms with Gasteiger partial charge in [-0.05, 0) is 105 Å². The van der Waals surface area contributed by atoms with Crippen molar-refractivity contribution in [2.45, 2.75) is 0 Å². The Morgan fingerprint density at radius 3 is 1.25 bits per heavy atom. The van der Waals surface area contributed by atoms with Gasteiger partial charge in [-0.2, -0.15) is 0 Å². The fraction of sp³-hybridized carbons (Fsp3) is 0. The molecule has 11 aromatic rings. The third-order valence-corrected chi connectivity index (χ3v) is 11.2. The van der Waals surface area contributed by atoms with Gasteiger partial charge in [0.1, 0.15) is 0 Å². The second-order valence-electron chi connectivity index (χ2n) is 14.5. The summed E-state index contributed by atoms with van der Waals surface area (Å²) in [4.78, 5) is 4.54. The molecule has 0 spiro atoms. The lowest BCUT2D eigenvalue weighted by molar-refractivity contribution is 1.17. The molecule has 0 saturated heterocycles. The van der Waals surface area contributed by atoms with E-state index in [1.165, 1.54) is 77.1 Å². The molecule has 0 bridgehead atoms. The molecule has 0 aliphatic carbocycles. The molecule has 0 aliphatic heterocycles. The number of nitrogens with zero attached hydrogens (tertiary/aromatic N) is 3. The zero-order chi connectivity index (χ0) is 37.0. The zero-order valence-electron chi connectivity index (χ0n) is 30.5. The number of para-hydroxylation sites is 1. The molecular weight excluding hydrogens is 679 g/mol. The van der Waals surface area contributed by atoms with Gasteiger partial charge in [0, 0.05) is 39.1 Å². The van der Waals surface area contributed by atoms with Crippen molar-refractivity contribution >= 4 is 43.6 Å². The van der Waals surface area contributed by atoms with Gasteiger partial charge < -0.3 is 9.13 Å². The van der Waals surface area contributed by atoms with Crippen LogP contribution in [0.3, 0.4) is 0 Å². The Bertz CT molecular complexity index is 3010. The van der Waals surface area contributed by atoms with Gasteiger partial charge in [-0.15, -0.1) is 0 Å². The summed E-state index contributed by atoms with van der Waals surface area (Å²) in [5.74, 6) is 0. The first-order valence-corrected chi connectivity index (χ1v) is 19.1. The molecule has 8 aromatic carbocycles. The number of hydrogen-bond acceptors (Lipinski definition) is 1. The summed E-state index contributed by atoms with van der Waals surface area (Å²) in [5.41, 5.74) is 16.5. The lowest BCUT2D eigenvalue weighted by Gasteiger charge is -2.11. The number of hydrogen-bond donors (Lipinski definition) is 0. The molecule has 56 heavy (non-hydrogen) atoms. The van der Waals surface area contributed by atoms with Gasteiger partial charge in [0.15, 0.2) is 0 Å². The number of rotatable bonds is 6. The summed E-state index contributed by atoms with van der Waals surface area (Å²) >= 11 is 0. The fourth-order valence-corrected chi connectivity index (χ4v) is 8.52. The Balaban J connectivity index is 0.959. The van der Waals surface area contributed by atoms with Crippen molar-refractivity contribution in [3.05, 3.63) is 213 Å². The summed E-state index contributed by atoms with van der Waals surface area (Å²) in [6, 6.07) is 72.4. The van der Waals surface area contributed by atoms with Crippen LogP contribution < -0.4 is 0 Å². The molecule has 11 rings (SSSR count). The van der Waals surface area contributed by atoms with Crippen LogP contribution in [0.1, 0.15) is 0 Å². The minimum absolute atomic E-state index is 1.10. The van der Waals surface area contributed by atoms with Crippen molar-refractivity contribution in [1.82, 2.24) is 14.1 Å². The van der Waals surface area contributed by atoms with Crippen LogP contribution >= 0.6 is 0 Å². The van der Waals surface area contributed by atoms with Crippen molar-refractivity contribution < 1.29 is 0 Å². The molecule has 3 nitrogen and oxygen atoms in total. The number of benzene rings is 8. The Morgan fingerprint density at radius 2 is 0.679 bits per heavy atom. The normalized spacial score (nSPS) is 11.6. The van der Waals surface area contributed by atoms with E-state index in [0.29, 0.717) is 0 Å². The molecule has 3 aromatic heterocycles. The van der Waals surface area contributed by atoms with Gasteiger partial charge in [-0.1, -0.05) is 140 Å². The molecule has 3 heterocycles. The van der Waals surface area contributed by atoms with Gasteiger partial charge in [0.25, 0.3) is 0 Å². The predicted molar refractivity (Wildman–Crippen MR) is 235 cm³/mol. The predicted octanol–water partition coefficient (Wildman–Crippen LogP) is 13.9. The summed E-state index contributed by atoms with van der Waals surface area (Å²) in [5, 5.41) is 4.90. The largest absolute Gasteiger partial charge is 0.309 e. The molecule has 3 heteroatoms. The Hall–Kier alpha value is -7.49. The third-order valence-electron chi connectivity index (χ3n) is 11.2. The van der Waals surface area contributed by atoms with Crippen molar-refractivity contribution in [2.75, 3.05) is 0 Å². The highest BCUT2D eigenvalue weighted by molar-refractivity contribution is 6.11. The fourth-order valence-electron chi connectivity index (χ4n) is 8.52. The molecule has 262 valence electrons. The van der Waals surface area contributed by atoms with Crippen LogP contribution in [0.25, 0.3) is 99.5 Å². The maximum atomic E-state index is 4.54. The highest BCUT2D eigenvalue weighted by atomic mass is 15.0. The van der Waals surface area contributed by atoms with E-state index < -0.39 is 0 Å². The average Bonchev–Trinajstić information content (AvgIpc) is 3.79. The molecular formula is C53H35N3. The molecule has 0 radical (unpaired) electrons. The second-order valence-corrected chi connectivity index (χ2v) is 14.5. The van der Waals surface area contributed by atoms with Crippen molar-refractivity contribution in [3.63, 3.8) is 0 Å². The summed E-state index contributed by atoms with van der Waals surface area (Å²) in [6.45, 7) is 0. The van der Waals surface area contributed by atoms with Gasteiger partial charge >= 0.3 is 0 Å². The third kappa shape index (κ3) is 5.32. The van der Waals surface area contributed by atoms with Gasteiger partial charge in [0.2, 0.25) is 0 Å². The van der Waals surface area contributed by atoms with Gasteiger partial charge in [-0.25, -0.2) is 0 Å². The van der Waals surface area contributed by atoms with E-state index in [1.807, 2.05) is 12.4 Å². The van der Waals surface area contributed by atoms with E-state index in [0.717, 1.165) is 22.4 Å². The molecule has 0 atom stereocenters. The Kier molecular flexibility index (Phi) is 7.49. The average molecular weight is 714 g/mol. The lowest BCUT2D eigenvalue weighted by Crippen LogP contribution is -1.94. The second kappa shape index (κ2) is 13.1. The van der Waals surface area contributed by atoms with Crippen LogP contribution in [0.4, 0.5) is 0 Å². The molecule has 0 fully saturated rings. The van der Waals surface area contributed by atoms with Crippen molar-refractivity contribution in [2.24, 2.45) is 0 Å². The molecule has 0 unspecified atom stereocenters. The number of fused-ring (bicyclic) bond motifs is 6. The van der Waals surface area contributed by atoms with E-state index in [-0.39, 0.29) is 0 Å².